The lowest BCUT2D eigenvalue weighted by molar-refractivity contribution is -0.147. The second-order valence-electron chi connectivity index (χ2n) is 8.02. The van der Waals surface area contributed by atoms with E-state index in [4.69, 9.17) is 0 Å². The average Bonchev–Trinajstić information content (AvgIpc) is 2.83. The molecule has 0 aliphatic rings. The average molecular weight is 444 g/mol. The summed E-state index contributed by atoms with van der Waals surface area (Å²) in [5.41, 5.74) is 2.80. The quantitative estimate of drug-likeness (QED) is 0.395. The number of hydrogen-bond donors (Lipinski definition) is 0. The molecule has 0 fully saturated rings. The summed E-state index contributed by atoms with van der Waals surface area (Å²) < 4.78 is 0. The predicted octanol–water partition coefficient (Wildman–Crippen LogP) is 6.10. The molecule has 0 spiro atoms. The van der Waals surface area contributed by atoms with E-state index in [1.54, 1.807) is 24.3 Å². The first-order valence-corrected chi connectivity index (χ1v) is 11.4. The lowest BCUT2D eigenvalue weighted by atomic mass is 9.93. The van der Waals surface area contributed by atoms with Crippen molar-refractivity contribution in [3.05, 3.63) is 108 Å². The number of hydrogen-bond acceptors (Lipinski definition) is 3. The summed E-state index contributed by atoms with van der Waals surface area (Å²) in [5.74, 6) is -1.90. The van der Waals surface area contributed by atoms with Crippen LogP contribution in [0.1, 0.15) is 55.7 Å². The van der Waals surface area contributed by atoms with Gasteiger partial charge in [-0.2, -0.15) is 0 Å². The largest absolute Gasteiger partial charge is 0.299 e. The molecule has 1 unspecified atom stereocenters. The highest BCUT2D eigenvalue weighted by atomic mass is 16.2. The number of carbonyl (C=O) groups is 3. The Bertz CT molecular complexity index is 1000. The molecule has 3 aromatic carbocycles. The van der Waals surface area contributed by atoms with Crippen molar-refractivity contribution in [2.24, 2.45) is 0 Å². The Morgan fingerprint density at radius 1 is 0.788 bits per heavy atom. The van der Waals surface area contributed by atoms with Gasteiger partial charge in [0.25, 0.3) is 0 Å². The molecule has 0 aromatic heterocycles. The van der Waals surface area contributed by atoms with Crippen LogP contribution in [0.4, 0.5) is 0 Å². The molecule has 3 aromatic rings. The van der Waals surface area contributed by atoms with Crippen LogP contribution in [0.25, 0.3) is 0 Å². The summed E-state index contributed by atoms with van der Waals surface area (Å²) in [7, 11) is 0. The Labute approximate surface area is 197 Å². The van der Waals surface area contributed by atoms with Crippen LogP contribution < -0.4 is 0 Å². The van der Waals surface area contributed by atoms with Crippen LogP contribution in [0.2, 0.25) is 0 Å². The SMILES string of the molecule is CCCCC(=O)N(Cc1ccccc1)C(=O)C(C(C)=O)c1ccccc1.Cc1ccccc1. The summed E-state index contributed by atoms with van der Waals surface area (Å²) in [6, 6.07) is 28.5. The van der Waals surface area contributed by atoms with Gasteiger partial charge in [0, 0.05) is 6.42 Å². The topological polar surface area (TPSA) is 54.5 Å². The fourth-order valence-corrected chi connectivity index (χ4v) is 3.40. The number of nitrogens with zero attached hydrogens (tertiary/aromatic N) is 1. The molecule has 2 amide bonds. The molecule has 172 valence electrons. The van der Waals surface area contributed by atoms with Gasteiger partial charge in [-0.3, -0.25) is 19.3 Å². The molecular weight excluding hydrogens is 410 g/mol. The van der Waals surface area contributed by atoms with Crippen molar-refractivity contribution in [3.8, 4) is 0 Å². The van der Waals surface area contributed by atoms with Crippen molar-refractivity contribution < 1.29 is 14.4 Å². The molecule has 0 bridgehead atoms. The Morgan fingerprint density at radius 2 is 1.30 bits per heavy atom. The Kier molecular flexibility index (Phi) is 10.8. The third kappa shape index (κ3) is 8.49. The zero-order chi connectivity index (χ0) is 24.1. The maximum atomic E-state index is 13.2. The number of aryl methyl sites for hydroxylation is 1. The number of amides is 2. The summed E-state index contributed by atoms with van der Waals surface area (Å²) in [5, 5.41) is 0. The minimum Gasteiger partial charge on any atom is -0.299 e. The fourth-order valence-electron chi connectivity index (χ4n) is 3.40. The van der Waals surface area contributed by atoms with Crippen LogP contribution in [0.3, 0.4) is 0 Å². The maximum absolute atomic E-state index is 13.2. The number of rotatable bonds is 8. The van der Waals surface area contributed by atoms with E-state index < -0.39 is 11.8 Å². The van der Waals surface area contributed by atoms with Crippen molar-refractivity contribution >= 4 is 17.6 Å². The number of Topliss-reactive ketones (excluding diaryl/α,β-unsaturated/α-hetero) is 1. The Hall–Kier alpha value is -3.53. The van der Waals surface area contributed by atoms with Crippen LogP contribution in [-0.4, -0.2) is 22.5 Å². The summed E-state index contributed by atoms with van der Waals surface area (Å²) in [6.45, 7) is 5.66. The van der Waals surface area contributed by atoms with Gasteiger partial charge < -0.3 is 0 Å². The summed E-state index contributed by atoms with van der Waals surface area (Å²) >= 11 is 0. The summed E-state index contributed by atoms with van der Waals surface area (Å²) in [6.07, 6.45) is 1.88. The molecular formula is C29H33NO3. The van der Waals surface area contributed by atoms with Crippen molar-refractivity contribution in [1.82, 2.24) is 4.90 Å². The van der Waals surface area contributed by atoms with Crippen LogP contribution in [0.5, 0.6) is 0 Å². The zero-order valence-electron chi connectivity index (χ0n) is 19.7. The van der Waals surface area contributed by atoms with Gasteiger partial charge in [0.1, 0.15) is 11.7 Å². The van der Waals surface area contributed by atoms with Gasteiger partial charge in [-0.1, -0.05) is 110 Å². The van der Waals surface area contributed by atoms with Crippen LogP contribution >= 0.6 is 0 Å². The van der Waals surface area contributed by atoms with E-state index in [1.807, 2.05) is 61.5 Å². The van der Waals surface area contributed by atoms with E-state index in [2.05, 4.69) is 19.1 Å². The highest BCUT2D eigenvalue weighted by Gasteiger charge is 2.32. The predicted molar refractivity (Wildman–Crippen MR) is 133 cm³/mol. The van der Waals surface area contributed by atoms with Crippen molar-refractivity contribution in [2.45, 2.75) is 52.5 Å². The minimum atomic E-state index is -0.953. The molecule has 4 heteroatoms. The molecule has 0 aliphatic carbocycles. The number of imide groups is 1. The first-order chi connectivity index (χ1) is 15.9. The molecule has 0 radical (unpaired) electrons. The molecule has 33 heavy (non-hydrogen) atoms. The van der Waals surface area contributed by atoms with E-state index in [-0.39, 0.29) is 18.2 Å². The normalized spacial score (nSPS) is 11.0. The first kappa shape index (κ1) is 25.7. The Morgan fingerprint density at radius 3 is 1.76 bits per heavy atom. The second-order valence-corrected chi connectivity index (χ2v) is 8.02. The number of unbranched alkanes of at least 4 members (excludes halogenated alkanes) is 1. The lowest BCUT2D eigenvalue weighted by Crippen LogP contribution is -2.41. The number of benzene rings is 3. The third-order valence-electron chi connectivity index (χ3n) is 5.22. The molecule has 0 aliphatic heterocycles. The first-order valence-electron chi connectivity index (χ1n) is 11.4. The summed E-state index contributed by atoms with van der Waals surface area (Å²) in [4.78, 5) is 39.3. The standard InChI is InChI=1S/C22H25NO3.C7H8/c1-3-4-15-20(25)23(16-18-11-7-5-8-12-18)22(26)21(17(2)24)19-13-9-6-10-14-19;1-7-5-3-2-4-6-7/h5-14,21H,3-4,15-16H2,1-2H3;2-6H,1H3. The van der Waals surface area contributed by atoms with E-state index >= 15 is 0 Å². The van der Waals surface area contributed by atoms with Crippen LogP contribution in [0.15, 0.2) is 91.0 Å². The second kappa shape index (κ2) is 13.8. The van der Waals surface area contributed by atoms with E-state index in [9.17, 15) is 14.4 Å². The van der Waals surface area contributed by atoms with Gasteiger partial charge >= 0.3 is 0 Å². The van der Waals surface area contributed by atoms with E-state index in [1.165, 1.54) is 17.4 Å². The van der Waals surface area contributed by atoms with Gasteiger partial charge in [-0.25, -0.2) is 0 Å². The Balaban J connectivity index is 0.000000468. The van der Waals surface area contributed by atoms with E-state index in [0.29, 0.717) is 18.4 Å². The maximum Gasteiger partial charge on any atom is 0.244 e. The smallest absolute Gasteiger partial charge is 0.244 e. The van der Waals surface area contributed by atoms with Crippen molar-refractivity contribution in [1.29, 1.82) is 0 Å². The molecule has 1 atom stereocenters. The van der Waals surface area contributed by atoms with Crippen molar-refractivity contribution in [2.75, 3.05) is 0 Å². The highest BCUT2D eigenvalue weighted by molar-refractivity contribution is 6.10. The van der Waals surface area contributed by atoms with Crippen LogP contribution in [-0.2, 0) is 20.9 Å². The van der Waals surface area contributed by atoms with Gasteiger partial charge in [-0.05, 0) is 31.4 Å². The fraction of sp³-hybridized carbons (Fsp3) is 0.276. The monoisotopic (exact) mass is 443 g/mol. The third-order valence-corrected chi connectivity index (χ3v) is 5.22. The number of carbonyl (C=O) groups excluding carboxylic acids is 3. The molecule has 4 nitrogen and oxygen atoms in total. The highest BCUT2D eigenvalue weighted by Crippen LogP contribution is 2.22. The van der Waals surface area contributed by atoms with Crippen LogP contribution in [0, 0.1) is 6.92 Å². The molecule has 0 saturated carbocycles. The molecule has 3 rings (SSSR count). The van der Waals surface area contributed by atoms with Gasteiger partial charge in [0.2, 0.25) is 11.8 Å². The van der Waals surface area contributed by atoms with Gasteiger partial charge in [0.05, 0.1) is 6.54 Å². The zero-order valence-corrected chi connectivity index (χ0v) is 19.7. The van der Waals surface area contributed by atoms with Gasteiger partial charge in [0.15, 0.2) is 0 Å². The minimum absolute atomic E-state index is 0.179. The molecule has 0 saturated heterocycles. The van der Waals surface area contributed by atoms with Gasteiger partial charge in [-0.15, -0.1) is 0 Å². The molecule has 0 N–H and O–H groups in total. The molecule has 0 heterocycles. The lowest BCUT2D eigenvalue weighted by Gasteiger charge is -2.25. The number of ketones is 1. The van der Waals surface area contributed by atoms with Crippen molar-refractivity contribution in [3.63, 3.8) is 0 Å². The van der Waals surface area contributed by atoms with E-state index in [0.717, 1.165) is 12.0 Å².